The van der Waals surface area contributed by atoms with Gasteiger partial charge in [-0.15, -0.1) is 0 Å². The SMILES string of the molecule is Cc1nn(C)c(Oc2cccnc2)c1CN1CCN(c2ccccc2F)CC1. The van der Waals surface area contributed by atoms with E-state index in [4.69, 9.17) is 4.74 Å². The van der Waals surface area contributed by atoms with Crippen molar-refractivity contribution in [2.24, 2.45) is 7.05 Å². The molecule has 2 aromatic heterocycles. The number of hydrogen-bond donors (Lipinski definition) is 0. The van der Waals surface area contributed by atoms with Crippen molar-refractivity contribution in [3.63, 3.8) is 0 Å². The Bertz CT molecular complexity index is 935. The molecule has 0 aliphatic carbocycles. The molecule has 0 bridgehead atoms. The van der Waals surface area contributed by atoms with Gasteiger partial charge in [0.1, 0.15) is 11.6 Å². The van der Waals surface area contributed by atoms with Crippen LogP contribution in [0.15, 0.2) is 48.8 Å². The van der Waals surface area contributed by atoms with Crippen molar-refractivity contribution in [2.75, 3.05) is 31.1 Å². The maximum atomic E-state index is 14.0. The Morgan fingerprint density at radius 3 is 2.57 bits per heavy atom. The van der Waals surface area contributed by atoms with Crippen molar-refractivity contribution in [3.05, 3.63) is 65.9 Å². The summed E-state index contributed by atoms with van der Waals surface area (Å²) in [5.74, 6) is 1.27. The smallest absolute Gasteiger partial charge is 0.222 e. The molecule has 0 N–H and O–H groups in total. The number of anilines is 1. The zero-order valence-corrected chi connectivity index (χ0v) is 16.2. The summed E-state index contributed by atoms with van der Waals surface area (Å²) in [4.78, 5) is 8.57. The summed E-state index contributed by atoms with van der Waals surface area (Å²) in [6, 6.07) is 10.7. The van der Waals surface area contributed by atoms with Crippen LogP contribution in [0, 0.1) is 12.7 Å². The van der Waals surface area contributed by atoms with Crippen molar-refractivity contribution >= 4 is 5.69 Å². The average molecular weight is 381 g/mol. The van der Waals surface area contributed by atoms with Crippen molar-refractivity contribution in [1.82, 2.24) is 19.7 Å². The fraction of sp³-hybridized carbons (Fsp3) is 0.333. The standard InChI is InChI=1S/C21H24FN5O/c1-16-18(21(25(2)24-16)28-17-6-5-9-23-14-17)15-26-10-12-27(13-11-26)20-8-4-3-7-19(20)22/h3-9,14H,10-13,15H2,1-2H3. The molecule has 1 aliphatic rings. The van der Waals surface area contributed by atoms with Crippen molar-refractivity contribution in [1.29, 1.82) is 0 Å². The highest BCUT2D eigenvalue weighted by Crippen LogP contribution is 2.28. The lowest BCUT2D eigenvalue weighted by atomic mass is 10.2. The fourth-order valence-electron chi connectivity index (χ4n) is 3.59. The molecule has 146 valence electrons. The number of halogens is 1. The molecule has 0 atom stereocenters. The number of ether oxygens (including phenoxy) is 1. The molecule has 1 aromatic carbocycles. The number of benzene rings is 1. The predicted octanol–water partition coefficient (Wildman–Crippen LogP) is 3.38. The molecular formula is C21H24FN5O. The number of hydrogen-bond acceptors (Lipinski definition) is 5. The highest BCUT2D eigenvalue weighted by Gasteiger charge is 2.23. The molecule has 0 saturated carbocycles. The summed E-state index contributed by atoms with van der Waals surface area (Å²) in [5, 5.41) is 4.53. The van der Waals surface area contributed by atoms with Crippen molar-refractivity contribution in [2.45, 2.75) is 13.5 Å². The van der Waals surface area contributed by atoms with Gasteiger partial charge < -0.3 is 9.64 Å². The largest absolute Gasteiger partial charge is 0.437 e. The Hall–Kier alpha value is -2.93. The summed E-state index contributed by atoms with van der Waals surface area (Å²) in [6.45, 7) is 6.05. The third-order valence-corrected chi connectivity index (χ3v) is 5.08. The molecule has 1 fully saturated rings. The van der Waals surface area contributed by atoms with Crippen LogP contribution in [0.4, 0.5) is 10.1 Å². The summed E-state index contributed by atoms with van der Waals surface area (Å²) >= 11 is 0. The molecule has 3 aromatic rings. The maximum Gasteiger partial charge on any atom is 0.222 e. The number of nitrogens with zero attached hydrogens (tertiary/aromatic N) is 5. The third kappa shape index (κ3) is 3.84. The van der Waals surface area contributed by atoms with Crippen LogP contribution >= 0.6 is 0 Å². The Morgan fingerprint density at radius 1 is 1.07 bits per heavy atom. The molecule has 0 amide bonds. The lowest BCUT2D eigenvalue weighted by Crippen LogP contribution is -2.46. The number of pyridine rings is 1. The van der Waals surface area contributed by atoms with Crippen LogP contribution < -0.4 is 9.64 Å². The number of piperazine rings is 1. The van der Waals surface area contributed by atoms with Crippen LogP contribution in [0.5, 0.6) is 11.6 Å². The fourth-order valence-corrected chi connectivity index (χ4v) is 3.59. The Balaban J connectivity index is 1.45. The second-order valence-corrected chi connectivity index (χ2v) is 7.00. The first kappa shape index (κ1) is 18.4. The topological polar surface area (TPSA) is 46.4 Å². The minimum Gasteiger partial charge on any atom is -0.437 e. The van der Waals surface area contributed by atoms with E-state index in [9.17, 15) is 4.39 Å². The van der Waals surface area contributed by atoms with Crippen LogP contribution in [0.3, 0.4) is 0 Å². The molecule has 6 nitrogen and oxygen atoms in total. The molecule has 7 heteroatoms. The van der Waals surface area contributed by atoms with Gasteiger partial charge >= 0.3 is 0 Å². The monoisotopic (exact) mass is 381 g/mol. The van der Waals surface area contributed by atoms with Gasteiger partial charge in [0.05, 0.1) is 23.1 Å². The van der Waals surface area contributed by atoms with Gasteiger partial charge in [0, 0.05) is 46.0 Å². The van der Waals surface area contributed by atoms with E-state index in [0.717, 1.165) is 49.9 Å². The third-order valence-electron chi connectivity index (χ3n) is 5.08. The minimum absolute atomic E-state index is 0.161. The van der Waals surface area contributed by atoms with Gasteiger partial charge in [-0.1, -0.05) is 12.1 Å². The molecule has 0 unspecified atom stereocenters. The lowest BCUT2D eigenvalue weighted by Gasteiger charge is -2.36. The molecule has 1 aliphatic heterocycles. The molecule has 0 radical (unpaired) electrons. The van der Waals surface area contributed by atoms with Crippen molar-refractivity contribution < 1.29 is 9.13 Å². The number of rotatable bonds is 5. The van der Waals surface area contributed by atoms with Gasteiger partial charge in [-0.05, 0) is 31.2 Å². The number of para-hydroxylation sites is 1. The van der Waals surface area contributed by atoms with Crippen LogP contribution in [-0.4, -0.2) is 45.8 Å². The first-order chi connectivity index (χ1) is 13.6. The first-order valence-electron chi connectivity index (χ1n) is 9.44. The predicted molar refractivity (Wildman–Crippen MR) is 106 cm³/mol. The lowest BCUT2D eigenvalue weighted by molar-refractivity contribution is 0.245. The van der Waals surface area contributed by atoms with E-state index in [0.29, 0.717) is 11.4 Å². The van der Waals surface area contributed by atoms with Crippen LogP contribution in [-0.2, 0) is 13.6 Å². The van der Waals surface area contributed by atoms with Crippen LogP contribution in [0.1, 0.15) is 11.3 Å². The highest BCUT2D eigenvalue weighted by atomic mass is 19.1. The van der Waals surface area contributed by atoms with E-state index < -0.39 is 0 Å². The van der Waals surface area contributed by atoms with E-state index in [1.807, 2.05) is 38.2 Å². The van der Waals surface area contributed by atoms with E-state index in [1.165, 1.54) is 6.07 Å². The maximum absolute atomic E-state index is 14.0. The van der Waals surface area contributed by atoms with Gasteiger partial charge in [-0.2, -0.15) is 5.10 Å². The van der Waals surface area contributed by atoms with Gasteiger partial charge in [0.2, 0.25) is 5.88 Å². The first-order valence-corrected chi connectivity index (χ1v) is 9.44. The average Bonchev–Trinajstić information content (AvgIpc) is 2.97. The number of aromatic nitrogens is 3. The molecule has 28 heavy (non-hydrogen) atoms. The van der Waals surface area contributed by atoms with E-state index >= 15 is 0 Å². The molecule has 4 rings (SSSR count). The molecule has 3 heterocycles. The quantitative estimate of drug-likeness (QED) is 0.678. The van der Waals surface area contributed by atoms with Gasteiger partial charge in [0.25, 0.3) is 0 Å². The normalized spacial score (nSPS) is 15.0. The molecule has 1 saturated heterocycles. The summed E-state index contributed by atoms with van der Waals surface area (Å²) in [6.07, 6.45) is 3.41. The molecular weight excluding hydrogens is 357 g/mol. The van der Waals surface area contributed by atoms with Crippen LogP contribution in [0.25, 0.3) is 0 Å². The Morgan fingerprint density at radius 2 is 1.86 bits per heavy atom. The van der Waals surface area contributed by atoms with Crippen molar-refractivity contribution in [3.8, 4) is 11.6 Å². The van der Waals surface area contributed by atoms with Gasteiger partial charge in [-0.25, -0.2) is 9.07 Å². The second-order valence-electron chi connectivity index (χ2n) is 7.00. The van der Waals surface area contributed by atoms with Gasteiger partial charge in [0.15, 0.2) is 0 Å². The van der Waals surface area contributed by atoms with E-state index in [-0.39, 0.29) is 5.82 Å². The van der Waals surface area contributed by atoms with E-state index in [1.54, 1.807) is 23.1 Å². The zero-order valence-electron chi connectivity index (χ0n) is 16.2. The summed E-state index contributed by atoms with van der Waals surface area (Å²) < 4.78 is 21.9. The Labute approximate surface area is 164 Å². The highest BCUT2D eigenvalue weighted by molar-refractivity contribution is 5.48. The van der Waals surface area contributed by atoms with Gasteiger partial charge in [-0.3, -0.25) is 9.88 Å². The Kier molecular flexibility index (Phi) is 5.25. The van der Waals surface area contributed by atoms with E-state index in [2.05, 4.69) is 19.9 Å². The summed E-state index contributed by atoms with van der Waals surface area (Å²) in [5.41, 5.74) is 2.71. The van der Waals surface area contributed by atoms with Crippen LogP contribution in [0.2, 0.25) is 0 Å². The number of aryl methyl sites for hydroxylation is 2. The zero-order chi connectivity index (χ0) is 19.5. The molecule has 0 spiro atoms. The summed E-state index contributed by atoms with van der Waals surface area (Å²) in [7, 11) is 1.89. The minimum atomic E-state index is -0.161. The second kappa shape index (κ2) is 7.98.